The van der Waals surface area contributed by atoms with Crippen molar-refractivity contribution in [3.05, 3.63) is 29.8 Å². The largest absolute Gasteiger partial charge is 0.480 e. The number of amides is 1. The van der Waals surface area contributed by atoms with E-state index in [1.807, 2.05) is 24.3 Å². The number of aliphatic carboxylic acids is 1. The van der Waals surface area contributed by atoms with Crippen molar-refractivity contribution in [3.63, 3.8) is 0 Å². The predicted molar refractivity (Wildman–Crippen MR) is 70.0 cm³/mol. The van der Waals surface area contributed by atoms with Crippen LogP contribution in [0.15, 0.2) is 24.3 Å². The smallest absolute Gasteiger partial charge is 0.327 e. The van der Waals surface area contributed by atoms with Gasteiger partial charge in [-0.15, -0.1) is 0 Å². The number of carboxylic acid groups (broad SMARTS) is 1. The average molecular weight is 260 g/mol. The zero-order valence-electron chi connectivity index (χ0n) is 10.5. The summed E-state index contributed by atoms with van der Waals surface area (Å²) in [5.74, 6) is -1.11. The fourth-order valence-corrected chi connectivity index (χ4v) is 2.92. The molecule has 5 nitrogen and oxygen atoms in total. The van der Waals surface area contributed by atoms with E-state index in [1.54, 1.807) is 0 Å². The summed E-state index contributed by atoms with van der Waals surface area (Å²) < 4.78 is 0. The minimum Gasteiger partial charge on any atom is -0.480 e. The highest BCUT2D eigenvalue weighted by Gasteiger charge is 2.41. The van der Waals surface area contributed by atoms with Crippen molar-refractivity contribution in [2.24, 2.45) is 5.92 Å². The number of anilines is 1. The van der Waals surface area contributed by atoms with Crippen LogP contribution in [-0.4, -0.2) is 36.1 Å². The van der Waals surface area contributed by atoms with Gasteiger partial charge in [0.15, 0.2) is 0 Å². The first-order valence-corrected chi connectivity index (χ1v) is 6.53. The fourth-order valence-electron chi connectivity index (χ4n) is 2.92. The highest BCUT2D eigenvalue weighted by Crippen LogP contribution is 2.34. The second kappa shape index (κ2) is 4.66. The highest BCUT2D eigenvalue weighted by molar-refractivity contribution is 6.03. The second-order valence-electron chi connectivity index (χ2n) is 5.08. The minimum absolute atomic E-state index is 0.0673. The van der Waals surface area contributed by atoms with Gasteiger partial charge in [0.2, 0.25) is 5.91 Å². The lowest BCUT2D eigenvalue weighted by molar-refractivity contribution is -0.140. The molecular weight excluding hydrogens is 244 g/mol. The van der Waals surface area contributed by atoms with Crippen LogP contribution in [0.25, 0.3) is 0 Å². The molecule has 0 saturated carbocycles. The van der Waals surface area contributed by atoms with E-state index in [2.05, 4.69) is 5.32 Å². The number of hydrogen-bond acceptors (Lipinski definition) is 3. The molecule has 2 N–H and O–H groups in total. The number of carbonyl (C=O) groups is 2. The van der Waals surface area contributed by atoms with E-state index in [1.165, 1.54) is 4.90 Å². The first-order valence-electron chi connectivity index (χ1n) is 6.53. The molecule has 1 aromatic rings. The quantitative estimate of drug-likeness (QED) is 0.818. The van der Waals surface area contributed by atoms with E-state index in [-0.39, 0.29) is 11.8 Å². The molecule has 5 heteroatoms. The van der Waals surface area contributed by atoms with E-state index in [9.17, 15) is 14.7 Å². The van der Waals surface area contributed by atoms with E-state index < -0.39 is 12.0 Å². The number of benzene rings is 1. The summed E-state index contributed by atoms with van der Waals surface area (Å²) in [4.78, 5) is 25.4. The van der Waals surface area contributed by atoms with Crippen LogP contribution in [0.2, 0.25) is 0 Å². The topological polar surface area (TPSA) is 69.6 Å². The van der Waals surface area contributed by atoms with E-state index in [0.29, 0.717) is 13.0 Å². The summed E-state index contributed by atoms with van der Waals surface area (Å²) in [5.41, 5.74) is 1.70. The third-order valence-corrected chi connectivity index (χ3v) is 3.91. The Labute approximate surface area is 111 Å². The molecule has 100 valence electrons. The molecule has 0 aromatic heterocycles. The molecule has 3 rings (SSSR count). The number of carboxylic acids is 1. The number of nitrogens with zero attached hydrogens (tertiary/aromatic N) is 1. The van der Waals surface area contributed by atoms with Crippen LogP contribution >= 0.6 is 0 Å². The van der Waals surface area contributed by atoms with Gasteiger partial charge in [0, 0.05) is 18.7 Å². The molecule has 0 aliphatic carbocycles. The Morgan fingerprint density at radius 1 is 1.32 bits per heavy atom. The van der Waals surface area contributed by atoms with Gasteiger partial charge in [-0.1, -0.05) is 18.2 Å². The van der Waals surface area contributed by atoms with Gasteiger partial charge in [-0.3, -0.25) is 9.69 Å². The van der Waals surface area contributed by atoms with Crippen LogP contribution in [0.4, 0.5) is 5.69 Å². The van der Waals surface area contributed by atoms with Crippen LogP contribution in [0.1, 0.15) is 12.0 Å². The van der Waals surface area contributed by atoms with Gasteiger partial charge in [0.1, 0.15) is 6.04 Å². The fraction of sp³-hybridized carbons (Fsp3) is 0.429. The van der Waals surface area contributed by atoms with Crippen molar-refractivity contribution in [1.82, 2.24) is 5.32 Å². The third kappa shape index (κ3) is 2.00. The van der Waals surface area contributed by atoms with Gasteiger partial charge in [-0.05, 0) is 24.6 Å². The Hall–Kier alpha value is -1.88. The summed E-state index contributed by atoms with van der Waals surface area (Å²) in [6, 6.07) is 6.69. The van der Waals surface area contributed by atoms with Gasteiger partial charge < -0.3 is 10.4 Å². The number of rotatable bonds is 2. The lowest BCUT2D eigenvalue weighted by Crippen LogP contribution is -2.46. The molecule has 2 unspecified atom stereocenters. The molecule has 1 aromatic carbocycles. The standard InChI is InChI=1S/C14H16N2O3/c17-13(10-5-6-15-8-10)16-11-4-2-1-3-9(11)7-12(16)14(18)19/h1-4,10,12,15H,5-8H2,(H,18,19). The lowest BCUT2D eigenvalue weighted by Gasteiger charge is -2.25. The monoisotopic (exact) mass is 260 g/mol. The summed E-state index contributed by atoms with van der Waals surface area (Å²) >= 11 is 0. The van der Waals surface area contributed by atoms with E-state index >= 15 is 0 Å². The molecule has 1 saturated heterocycles. The predicted octanol–water partition coefficient (Wildman–Crippen LogP) is 0.638. The molecule has 0 spiro atoms. The maximum absolute atomic E-state index is 12.5. The van der Waals surface area contributed by atoms with Crippen molar-refractivity contribution in [2.45, 2.75) is 18.9 Å². The Balaban J connectivity index is 1.95. The molecule has 0 bridgehead atoms. The third-order valence-electron chi connectivity index (χ3n) is 3.91. The van der Waals surface area contributed by atoms with Crippen molar-refractivity contribution in [3.8, 4) is 0 Å². The molecule has 2 atom stereocenters. The zero-order valence-corrected chi connectivity index (χ0v) is 10.5. The highest BCUT2D eigenvalue weighted by atomic mass is 16.4. The van der Waals surface area contributed by atoms with Crippen LogP contribution in [0.3, 0.4) is 0 Å². The SMILES string of the molecule is O=C(O)C1Cc2ccccc2N1C(=O)C1CCNC1. The van der Waals surface area contributed by atoms with Gasteiger partial charge in [0.25, 0.3) is 0 Å². The number of para-hydroxylation sites is 1. The van der Waals surface area contributed by atoms with Gasteiger partial charge in [-0.2, -0.15) is 0 Å². The Bertz CT molecular complexity index is 523. The molecule has 19 heavy (non-hydrogen) atoms. The van der Waals surface area contributed by atoms with E-state index in [0.717, 1.165) is 24.2 Å². The van der Waals surface area contributed by atoms with E-state index in [4.69, 9.17) is 0 Å². The van der Waals surface area contributed by atoms with Crippen molar-refractivity contribution in [2.75, 3.05) is 18.0 Å². The normalized spacial score (nSPS) is 25.4. The maximum Gasteiger partial charge on any atom is 0.327 e. The molecule has 1 fully saturated rings. The summed E-state index contributed by atoms with van der Waals surface area (Å²) in [6.07, 6.45) is 1.18. The molecule has 0 radical (unpaired) electrons. The number of nitrogens with one attached hydrogen (secondary N) is 1. The zero-order chi connectivity index (χ0) is 13.4. The van der Waals surface area contributed by atoms with Gasteiger partial charge >= 0.3 is 5.97 Å². The van der Waals surface area contributed by atoms with Crippen molar-refractivity contribution >= 4 is 17.6 Å². The molecule has 2 aliphatic heterocycles. The van der Waals surface area contributed by atoms with Crippen LogP contribution in [0.5, 0.6) is 0 Å². The average Bonchev–Trinajstić information content (AvgIpc) is 3.05. The van der Waals surface area contributed by atoms with Crippen LogP contribution in [0, 0.1) is 5.92 Å². The number of hydrogen-bond donors (Lipinski definition) is 2. The Kier molecular flexibility index (Phi) is 2.98. The lowest BCUT2D eigenvalue weighted by atomic mass is 10.1. The summed E-state index contributed by atoms with van der Waals surface area (Å²) in [5, 5.41) is 12.5. The van der Waals surface area contributed by atoms with Gasteiger partial charge in [0.05, 0.1) is 5.92 Å². The molecule has 2 heterocycles. The van der Waals surface area contributed by atoms with Crippen LogP contribution < -0.4 is 10.2 Å². The first kappa shape index (κ1) is 12.2. The molecular formula is C14H16N2O3. The van der Waals surface area contributed by atoms with Crippen molar-refractivity contribution < 1.29 is 14.7 Å². The minimum atomic E-state index is -0.935. The second-order valence-corrected chi connectivity index (χ2v) is 5.08. The number of carbonyl (C=O) groups excluding carboxylic acids is 1. The summed E-state index contributed by atoms with van der Waals surface area (Å²) in [7, 11) is 0. The first-order chi connectivity index (χ1) is 9.18. The molecule has 1 amide bonds. The molecule has 2 aliphatic rings. The Morgan fingerprint density at radius 3 is 2.79 bits per heavy atom. The Morgan fingerprint density at radius 2 is 2.11 bits per heavy atom. The van der Waals surface area contributed by atoms with Crippen LogP contribution in [-0.2, 0) is 16.0 Å². The van der Waals surface area contributed by atoms with Crippen molar-refractivity contribution in [1.29, 1.82) is 0 Å². The summed E-state index contributed by atoms with van der Waals surface area (Å²) in [6.45, 7) is 1.47. The number of fused-ring (bicyclic) bond motifs is 1. The van der Waals surface area contributed by atoms with Gasteiger partial charge in [-0.25, -0.2) is 4.79 Å². The maximum atomic E-state index is 12.5.